The largest absolute Gasteiger partial charge is 0.508 e. The summed E-state index contributed by atoms with van der Waals surface area (Å²) in [6, 6.07) is 7.48. The second-order valence-electron chi connectivity index (χ2n) is 5.58. The van der Waals surface area contributed by atoms with Crippen molar-refractivity contribution in [2.45, 2.75) is 19.8 Å². The minimum Gasteiger partial charge on any atom is -0.508 e. The maximum absolute atomic E-state index is 11.8. The van der Waals surface area contributed by atoms with Crippen molar-refractivity contribution in [1.29, 1.82) is 0 Å². The van der Waals surface area contributed by atoms with Crippen LogP contribution in [0, 0.1) is 0 Å². The Morgan fingerprint density at radius 1 is 1.16 bits per heavy atom. The number of phenolic OH excluding ortho intramolecular Hbond substituents is 1. The lowest BCUT2D eigenvalue weighted by Crippen LogP contribution is -2.23. The Morgan fingerprint density at radius 2 is 1.72 bits per heavy atom. The first-order chi connectivity index (χ1) is 11.5. The van der Waals surface area contributed by atoms with E-state index in [1.807, 2.05) is 13.8 Å². The van der Waals surface area contributed by atoms with Crippen molar-refractivity contribution in [2.24, 2.45) is 5.14 Å². The highest BCUT2D eigenvalue weighted by atomic mass is 79.9. The SMILES string of the molecule is CC(C)c1cc(Oc2c(Br)cc(C(=O)S(N)(=O)=O)cc2Br)ccc1O. The molecule has 2 aromatic carbocycles. The molecule has 2 rings (SSSR count). The van der Waals surface area contributed by atoms with Crippen molar-refractivity contribution in [2.75, 3.05) is 0 Å². The number of carbonyl (C=O) groups is 1. The van der Waals surface area contributed by atoms with E-state index >= 15 is 0 Å². The van der Waals surface area contributed by atoms with Gasteiger partial charge in [-0.25, -0.2) is 13.6 Å². The monoisotopic (exact) mass is 491 g/mol. The lowest BCUT2D eigenvalue weighted by atomic mass is 10.0. The van der Waals surface area contributed by atoms with Crippen molar-refractivity contribution >= 4 is 47.0 Å². The summed E-state index contributed by atoms with van der Waals surface area (Å²) in [6.45, 7) is 3.89. The van der Waals surface area contributed by atoms with E-state index in [2.05, 4.69) is 31.9 Å². The molecule has 0 unspecified atom stereocenters. The molecule has 134 valence electrons. The first-order valence-electron chi connectivity index (χ1n) is 7.07. The third-order valence-electron chi connectivity index (χ3n) is 3.33. The number of halogens is 2. The van der Waals surface area contributed by atoms with Crippen molar-refractivity contribution in [3.8, 4) is 17.2 Å². The van der Waals surface area contributed by atoms with Crippen LogP contribution in [0.1, 0.15) is 35.7 Å². The fourth-order valence-electron chi connectivity index (χ4n) is 2.12. The van der Waals surface area contributed by atoms with Crippen LogP contribution in [0.4, 0.5) is 0 Å². The zero-order chi connectivity index (χ0) is 18.9. The highest BCUT2D eigenvalue weighted by molar-refractivity contribution is 9.11. The Kier molecular flexibility index (Phi) is 5.93. The van der Waals surface area contributed by atoms with Crippen LogP contribution < -0.4 is 9.88 Å². The second-order valence-corrected chi connectivity index (χ2v) is 8.75. The standard InChI is InChI=1S/C16H15Br2NO5S/c1-8(2)11-7-10(3-4-14(11)20)24-15-12(17)5-9(6-13(15)18)16(21)25(19,22)23/h3-8,20H,1-2H3,(H2,19,22,23). The highest BCUT2D eigenvalue weighted by Gasteiger charge is 2.22. The minimum absolute atomic E-state index is 0.0952. The third kappa shape index (κ3) is 4.60. The molecule has 3 N–H and O–H groups in total. The van der Waals surface area contributed by atoms with Gasteiger partial charge in [-0.2, -0.15) is 0 Å². The number of rotatable bonds is 4. The third-order valence-corrected chi connectivity index (χ3v) is 5.26. The normalized spacial score (nSPS) is 11.6. The van der Waals surface area contributed by atoms with Gasteiger partial charge in [-0.3, -0.25) is 4.79 Å². The maximum atomic E-state index is 11.8. The van der Waals surface area contributed by atoms with E-state index in [0.29, 0.717) is 20.4 Å². The van der Waals surface area contributed by atoms with E-state index in [1.165, 1.54) is 18.2 Å². The zero-order valence-electron chi connectivity index (χ0n) is 13.3. The van der Waals surface area contributed by atoms with Crippen molar-refractivity contribution < 1.29 is 23.1 Å². The predicted molar refractivity (Wildman–Crippen MR) is 102 cm³/mol. The van der Waals surface area contributed by atoms with E-state index in [9.17, 15) is 18.3 Å². The molecule has 0 radical (unpaired) electrons. The van der Waals surface area contributed by atoms with Crippen LogP contribution in [0.2, 0.25) is 0 Å². The number of primary sulfonamides is 1. The zero-order valence-corrected chi connectivity index (χ0v) is 17.3. The number of hydrogen-bond acceptors (Lipinski definition) is 5. The number of sulfonamides is 1. The molecule has 0 aromatic heterocycles. The van der Waals surface area contributed by atoms with Crippen molar-refractivity contribution in [1.82, 2.24) is 0 Å². The van der Waals surface area contributed by atoms with Gasteiger partial charge in [-0.05, 0) is 68.1 Å². The quantitative estimate of drug-likeness (QED) is 0.662. The van der Waals surface area contributed by atoms with Crippen molar-refractivity contribution in [3.63, 3.8) is 0 Å². The van der Waals surface area contributed by atoms with E-state index in [1.54, 1.807) is 12.1 Å². The molecule has 0 atom stereocenters. The Morgan fingerprint density at radius 3 is 2.20 bits per heavy atom. The Hall–Kier alpha value is -1.42. The molecule has 0 spiro atoms. The van der Waals surface area contributed by atoms with Crippen LogP contribution in [0.5, 0.6) is 17.2 Å². The van der Waals surface area contributed by atoms with Crippen LogP contribution in [-0.4, -0.2) is 18.6 Å². The van der Waals surface area contributed by atoms with Crippen LogP contribution in [-0.2, 0) is 10.0 Å². The molecule has 0 aliphatic rings. The average Bonchev–Trinajstić information content (AvgIpc) is 2.50. The Labute approximate surface area is 162 Å². The van der Waals surface area contributed by atoms with Gasteiger partial charge in [-0.1, -0.05) is 13.8 Å². The summed E-state index contributed by atoms with van der Waals surface area (Å²) in [5.41, 5.74) is 0.632. The number of carbonyl (C=O) groups excluding carboxylic acids is 1. The Bertz CT molecular complexity index is 919. The lowest BCUT2D eigenvalue weighted by molar-refractivity contribution is 0.107. The van der Waals surface area contributed by atoms with E-state index in [-0.39, 0.29) is 17.2 Å². The van der Waals surface area contributed by atoms with E-state index in [0.717, 1.165) is 5.56 Å². The molecular weight excluding hydrogens is 478 g/mol. The number of aromatic hydroxyl groups is 1. The average molecular weight is 493 g/mol. The number of phenols is 1. The molecule has 0 bridgehead atoms. The van der Waals surface area contributed by atoms with Gasteiger partial charge in [0.2, 0.25) is 0 Å². The number of benzene rings is 2. The molecule has 0 aliphatic heterocycles. The first kappa shape index (κ1) is 19.9. The van der Waals surface area contributed by atoms with Crippen LogP contribution in [0.25, 0.3) is 0 Å². The number of ether oxygens (including phenoxy) is 1. The van der Waals surface area contributed by atoms with Gasteiger partial charge in [-0.15, -0.1) is 0 Å². The molecule has 0 heterocycles. The van der Waals surface area contributed by atoms with Gasteiger partial charge in [0.1, 0.15) is 11.5 Å². The first-order valence-corrected chi connectivity index (χ1v) is 10.2. The molecule has 25 heavy (non-hydrogen) atoms. The topological polar surface area (TPSA) is 107 Å². The second kappa shape index (κ2) is 7.45. The lowest BCUT2D eigenvalue weighted by Gasteiger charge is -2.14. The maximum Gasteiger partial charge on any atom is 0.291 e. The molecule has 0 saturated heterocycles. The van der Waals surface area contributed by atoms with Gasteiger partial charge in [0.05, 0.1) is 8.95 Å². The molecule has 2 aromatic rings. The van der Waals surface area contributed by atoms with Crippen LogP contribution in [0.3, 0.4) is 0 Å². The highest BCUT2D eigenvalue weighted by Crippen LogP contribution is 2.39. The van der Waals surface area contributed by atoms with Crippen LogP contribution >= 0.6 is 31.9 Å². The van der Waals surface area contributed by atoms with E-state index < -0.39 is 15.1 Å². The fourth-order valence-corrected chi connectivity index (χ4v) is 3.91. The smallest absolute Gasteiger partial charge is 0.291 e. The fraction of sp³-hybridized carbons (Fsp3) is 0.188. The van der Waals surface area contributed by atoms with Gasteiger partial charge < -0.3 is 9.84 Å². The number of nitrogens with two attached hydrogens (primary N) is 1. The minimum atomic E-state index is -4.33. The van der Waals surface area contributed by atoms with Gasteiger partial charge in [0.15, 0.2) is 5.75 Å². The van der Waals surface area contributed by atoms with E-state index in [4.69, 9.17) is 9.88 Å². The summed E-state index contributed by atoms with van der Waals surface area (Å²) in [7, 11) is -4.33. The van der Waals surface area contributed by atoms with Gasteiger partial charge >= 0.3 is 0 Å². The Balaban J connectivity index is 2.42. The summed E-state index contributed by atoms with van der Waals surface area (Å²) in [4.78, 5) is 11.8. The summed E-state index contributed by atoms with van der Waals surface area (Å²) >= 11 is 6.52. The molecular formula is C16H15Br2NO5S. The molecule has 9 heteroatoms. The summed E-state index contributed by atoms with van der Waals surface area (Å²) in [6.07, 6.45) is 0. The summed E-state index contributed by atoms with van der Waals surface area (Å²) < 4.78 is 29.0. The summed E-state index contributed by atoms with van der Waals surface area (Å²) in [5.74, 6) is 1.11. The molecule has 0 fully saturated rings. The molecule has 0 saturated carbocycles. The molecule has 0 aliphatic carbocycles. The van der Waals surface area contributed by atoms with Gasteiger partial charge in [0.25, 0.3) is 15.1 Å². The van der Waals surface area contributed by atoms with Crippen LogP contribution in [0.15, 0.2) is 39.3 Å². The summed E-state index contributed by atoms with van der Waals surface area (Å²) in [5, 5.41) is 13.6. The molecule has 0 amide bonds. The van der Waals surface area contributed by atoms with Gasteiger partial charge in [0, 0.05) is 11.1 Å². The molecule has 6 nitrogen and oxygen atoms in total. The predicted octanol–water partition coefficient (Wildman–Crippen LogP) is 4.26. The number of hydrogen-bond donors (Lipinski definition) is 2. The van der Waals surface area contributed by atoms with Crippen molar-refractivity contribution in [3.05, 3.63) is 50.4 Å².